The van der Waals surface area contributed by atoms with Gasteiger partial charge in [0.1, 0.15) is 0 Å². The standard InChI is InChI=1S/C37H66O2Si/c1-25(2)26-14-21-37(24-39-40(12,13)31(3,4)5)23-22-36(11)34(9)19-15-27-32(6,7)29(38)17-18-33(27,8)28(34)16-20-35(36,10)30(26)37/h26-30,38H,1,14-24H2,2-13H3/t26-,27?,28+,29-,30?,33-,34+,35+,36-,37+/m0/s1. The van der Waals surface area contributed by atoms with E-state index in [2.05, 4.69) is 88.9 Å². The molecule has 0 amide bonds. The molecule has 0 aromatic heterocycles. The molecule has 5 aliphatic carbocycles. The van der Waals surface area contributed by atoms with E-state index >= 15 is 0 Å². The van der Waals surface area contributed by atoms with Crippen molar-refractivity contribution in [3.63, 3.8) is 0 Å². The number of hydrogen-bond acceptors (Lipinski definition) is 2. The number of fused-ring (bicyclic) bond motifs is 7. The predicted octanol–water partition coefficient (Wildman–Crippen LogP) is 10.4. The second kappa shape index (κ2) is 9.20. The van der Waals surface area contributed by atoms with Gasteiger partial charge in [-0.25, -0.2) is 0 Å². The van der Waals surface area contributed by atoms with Gasteiger partial charge in [-0.2, -0.15) is 0 Å². The van der Waals surface area contributed by atoms with Gasteiger partial charge < -0.3 is 9.53 Å². The summed E-state index contributed by atoms with van der Waals surface area (Å²) in [6, 6.07) is 0. The molecule has 0 bridgehead atoms. The van der Waals surface area contributed by atoms with Crippen molar-refractivity contribution in [2.24, 2.45) is 56.2 Å². The van der Waals surface area contributed by atoms with Crippen LogP contribution in [0.2, 0.25) is 18.1 Å². The first-order valence-corrected chi connectivity index (χ1v) is 20.0. The Morgan fingerprint density at radius 3 is 2.02 bits per heavy atom. The summed E-state index contributed by atoms with van der Waals surface area (Å²) < 4.78 is 7.16. The highest BCUT2D eigenvalue weighted by molar-refractivity contribution is 6.74. The van der Waals surface area contributed by atoms with Gasteiger partial charge in [0, 0.05) is 6.61 Å². The van der Waals surface area contributed by atoms with Crippen molar-refractivity contribution in [2.45, 2.75) is 158 Å². The fraction of sp³-hybridized carbons (Fsp3) is 0.946. The van der Waals surface area contributed by atoms with Crippen molar-refractivity contribution < 1.29 is 9.53 Å². The van der Waals surface area contributed by atoms with Gasteiger partial charge in [0.25, 0.3) is 0 Å². The zero-order valence-electron chi connectivity index (χ0n) is 28.7. The van der Waals surface area contributed by atoms with Crippen LogP contribution in [0, 0.1) is 56.2 Å². The zero-order valence-corrected chi connectivity index (χ0v) is 29.7. The molecule has 0 spiro atoms. The topological polar surface area (TPSA) is 29.5 Å². The molecule has 10 atom stereocenters. The largest absolute Gasteiger partial charge is 0.416 e. The van der Waals surface area contributed by atoms with Crippen molar-refractivity contribution in [3.05, 3.63) is 12.2 Å². The van der Waals surface area contributed by atoms with E-state index < -0.39 is 8.32 Å². The Labute approximate surface area is 250 Å². The maximum Gasteiger partial charge on any atom is 0.192 e. The lowest BCUT2D eigenvalue weighted by Crippen LogP contribution is -2.70. The zero-order chi connectivity index (χ0) is 29.9. The highest BCUT2D eigenvalue weighted by Gasteiger charge is 2.74. The maximum atomic E-state index is 11.1. The van der Waals surface area contributed by atoms with Crippen molar-refractivity contribution >= 4 is 8.32 Å². The highest BCUT2D eigenvalue weighted by Crippen LogP contribution is 2.81. The SMILES string of the molecule is C=C(C)[C@@H]1CC[C@]2(CO[Si](C)(C)C(C)(C)C)CC[C@]3(C)[C@](C)(CC[C@@H]4[C@@]5(C)CC[C@H](O)C(C)(C)C5CC[C@]43C)C12. The predicted molar refractivity (Wildman–Crippen MR) is 173 cm³/mol. The molecule has 40 heavy (non-hydrogen) atoms. The minimum absolute atomic E-state index is 0.0231. The molecule has 0 saturated heterocycles. The number of rotatable bonds is 4. The molecule has 3 heteroatoms. The van der Waals surface area contributed by atoms with Crippen LogP contribution >= 0.6 is 0 Å². The third-order valence-electron chi connectivity index (χ3n) is 16.5. The molecule has 0 aromatic carbocycles. The Morgan fingerprint density at radius 1 is 0.825 bits per heavy atom. The summed E-state index contributed by atoms with van der Waals surface area (Å²) in [5.41, 5.74) is 3.06. The summed E-state index contributed by atoms with van der Waals surface area (Å²) in [6.45, 7) is 35.7. The second-order valence-corrected chi connectivity index (χ2v) is 23.9. The van der Waals surface area contributed by atoms with Gasteiger partial charge in [0.2, 0.25) is 0 Å². The van der Waals surface area contributed by atoms with Crippen LogP contribution in [0.4, 0.5) is 0 Å². The van der Waals surface area contributed by atoms with E-state index in [9.17, 15) is 5.11 Å². The Kier molecular flexibility index (Phi) is 7.20. The number of aliphatic hydroxyl groups excluding tert-OH is 1. The first-order chi connectivity index (χ1) is 18.1. The molecule has 0 aliphatic heterocycles. The lowest BCUT2D eigenvalue weighted by atomic mass is 9.29. The summed E-state index contributed by atoms with van der Waals surface area (Å²) in [5.74, 6) is 2.69. The van der Waals surface area contributed by atoms with Crippen molar-refractivity contribution in [2.75, 3.05) is 6.61 Å². The third kappa shape index (κ3) is 3.90. The lowest BCUT2D eigenvalue weighted by molar-refractivity contribution is -0.279. The fourth-order valence-electron chi connectivity index (χ4n) is 12.7. The van der Waals surface area contributed by atoms with Gasteiger partial charge in [-0.3, -0.25) is 0 Å². The van der Waals surface area contributed by atoms with E-state index in [0.29, 0.717) is 44.8 Å². The summed E-state index contributed by atoms with van der Waals surface area (Å²) >= 11 is 0. The maximum absolute atomic E-state index is 11.1. The summed E-state index contributed by atoms with van der Waals surface area (Å²) in [5, 5.41) is 11.3. The highest BCUT2D eigenvalue weighted by atomic mass is 28.4. The Morgan fingerprint density at radius 2 is 1.43 bits per heavy atom. The molecule has 2 nitrogen and oxygen atoms in total. The first kappa shape index (κ1) is 31.3. The lowest BCUT2D eigenvalue weighted by Gasteiger charge is -2.76. The van der Waals surface area contributed by atoms with Crippen LogP contribution in [0.15, 0.2) is 12.2 Å². The van der Waals surface area contributed by atoms with Gasteiger partial charge in [0.05, 0.1) is 6.10 Å². The van der Waals surface area contributed by atoms with Gasteiger partial charge in [0.15, 0.2) is 8.32 Å². The van der Waals surface area contributed by atoms with Crippen LogP contribution in [0.25, 0.3) is 0 Å². The molecule has 5 saturated carbocycles. The fourth-order valence-corrected chi connectivity index (χ4v) is 13.8. The van der Waals surface area contributed by atoms with Crippen LogP contribution in [0.3, 0.4) is 0 Å². The molecule has 0 aromatic rings. The van der Waals surface area contributed by atoms with E-state index in [4.69, 9.17) is 4.43 Å². The molecule has 5 rings (SSSR count). The number of aliphatic hydroxyl groups is 1. The molecule has 5 aliphatic rings. The summed E-state index contributed by atoms with van der Waals surface area (Å²) in [6.07, 6.45) is 12.7. The van der Waals surface area contributed by atoms with E-state index in [0.717, 1.165) is 18.9 Å². The van der Waals surface area contributed by atoms with Crippen LogP contribution in [-0.4, -0.2) is 26.1 Å². The van der Waals surface area contributed by atoms with Gasteiger partial charge in [-0.1, -0.05) is 74.5 Å². The quantitative estimate of drug-likeness (QED) is 0.269. The smallest absolute Gasteiger partial charge is 0.192 e. The Hall–Kier alpha value is -0.123. The van der Waals surface area contributed by atoms with E-state index in [1.54, 1.807) is 0 Å². The van der Waals surface area contributed by atoms with Gasteiger partial charge in [-0.05, 0) is 145 Å². The molecule has 0 radical (unpaired) electrons. The van der Waals surface area contributed by atoms with Crippen LogP contribution < -0.4 is 0 Å². The number of allylic oxidation sites excluding steroid dienone is 1. The van der Waals surface area contributed by atoms with Crippen LogP contribution in [-0.2, 0) is 4.43 Å². The van der Waals surface area contributed by atoms with E-state index in [1.165, 1.54) is 63.4 Å². The molecular formula is C37H66O2Si. The summed E-state index contributed by atoms with van der Waals surface area (Å²) in [7, 11) is -1.82. The van der Waals surface area contributed by atoms with Gasteiger partial charge in [-0.15, -0.1) is 0 Å². The Balaban J connectivity index is 1.54. The molecular weight excluding hydrogens is 504 g/mol. The van der Waals surface area contributed by atoms with E-state index in [1.807, 2.05) is 0 Å². The molecule has 2 unspecified atom stereocenters. The van der Waals surface area contributed by atoms with Crippen molar-refractivity contribution in [1.29, 1.82) is 0 Å². The van der Waals surface area contributed by atoms with Crippen LogP contribution in [0.5, 0.6) is 0 Å². The second-order valence-electron chi connectivity index (χ2n) is 19.1. The molecule has 1 N–H and O–H groups in total. The first-order valence-electron chi connectivity index (χ1n) is 17.1. The van der Waals surface area contributed by atoms with E-state index in [-0.39, 0.29) is 16.6 Å². The normalized spacial score (nSPS) is 50.4. The average molecular weight is 571 g/mol. The molecule has 230 valence electrons. The molecule has 0 heterocycles. The van der Waals surface area contributed by atoms with Crippen molar-refractivity contribution in [1.82, 2.24) is 0 Å². The summed E-state index contributed by atoms with van der Waals surface area (Å²) in [4.78, 5) is 0. The monoisotopic (exact) mass is 570 g/mol. The van der Waals surface area contributed by atoms with Gasteiger partial charge >= 0.3 is 0 Å². The van der Waals surface area contributed by atoms with Crippen molar-refractivity contribution in [3.8, 4) is 0 Å². The third-order valence-corrected chi connectivity index (χ3v) is 21.0. The number of hydrogen-bond donors (Lipinski definition) is 1. The average Bonchev–Trinajstić information content (AvgIpc) is 3.23. The minimum Gasteiger partial charge on any atom is -0.416 e. The minimum atomic E-state index is -1.82. The molecule has 5 fully saturated rings. The Bertz CT molecular complexity index is 1020. The van der Waals surface area contributed by atoms with Crippen LogP contribution in [0.1, 0.15) is 133 Å².